The van der Waals surface area contributed by atoms with Crippen LogP contribution in [0.15, 0.2) is 35.3 Å². The predicted molar refractivity (Wildman–Crippen MR) is 62.0 cm³/mol. The van der Waals surface area contributed by atoms with E-state index in [4.69, 9.17) is 5.11 Å². The Balaban J connectivity index is 2.93. The molecular weight excluding hydrogens is 238 g/mol. The number of methoxy groups -OCH3 is 1. The van der Waals surface area contributed by atoms with Crippen molar-refractivity contribution in [1.82, 2.24) is 4.40 Å². The monoisotopic (exact) mass is 247 g/mol. The second kappa shape index (κ2) is 4.33. The summed E-state index contributed by atoms with van der Waals surface area (Å²) in [5, 5.41) is 8.94. The molecule has 0 aromatic carbocycles. The molecule has 2 rings (SSSR count). The number of aromatic nitrogens is 1. The maximum Gasteiger partial charge on any atom is 0.341 e. The van der Waals surface area contributed by atoms with E-state index in [1.54, 1.807) is 18.2 Å². The highest BCUT2D eigenvalue weighted by Crippen LogP contribution is 2.12. The van der Waals surface area contributed by atoms with Crippen LogP contribution in [0.2, 0.25) is 0 Å². The van der Waals surface area contributed by atoms with Crippen LogP contribution < -0.4 is 5.56 Å². The van der Waals surface area contributed by atoms with Gasteiger partial charge in [-0.15, -0.1) is 0 Å². The summed E-state index contributed by atoms with van der Waals surface area (Å²) >= 11 is 0. The molecule has 0 spiro atoms. The van der Waals surface area contributed by atoms with Crippen LogP contribution in [-0.2, 0) is 4.74 Å². The lowest BCUT2D eigenvalue weighted by molar-refractivity contribution is 0.0602. The fourth-order valence-corrected chi connectivity index (χ4v) is 1.68. The van der Waals surface area contributed by atoms with E-state index < -0.39 is 23.1 Å². The van der Waals surface area contributed by atoms with Gasteiger partial charge in [-0.05, 0) is 18.2 Å². The molecule has 0 amide bonds. The van der Waals surface area contributed by atoms with Gasteiger partial charge in [0.15, 0.2) is 0 Å². The standard InChI is InChI=1S/C12H9NO5/c1-18-12(17)7-6-8(11(15)16)10(14)13-5-3-2-4-9(7)13/h2-6H,1H3,(H,15,16). The lowest BCUT2D eigenvalue weighted by Gasteiger charge is -2.07. The van der Waals surface area contributed by atoms with E-state index in [1.165, 1.54) is 13.3 Å². The van der Waals surface area contributed by atoms with E-state index >= 15 is 0 Å². The van der Waals surface area contributed by atoms with E-state index in [1.807, 2.05) is 0 Å². The zero-order valence-corrected chi connectivity index (χ0v) is 9.41. The van der Waals surface area contributed by atoms with Gasteiger partial charge in [0.1, 0.15) is 5.56 Å². The molecule has 0 fully saturated rings. The second-order valence-electron chi connectivity index (χ2n) is 3.53. The number of pyridine rings is 2. The summed E-state index contributed by atoms with van der Waals surface area (Å²) in [6, 6.07) is 5.79. The fourth-order valence-electron chi connectivity index (χ4n) is 1.68. The third-order valence-electron chi connectivity index (χ3n) is 2.51. The average Bonchev–Trinajstić information content (AvgIpc) is 2.38. The molecule has 0 radical (unpaired) electrons. The Hall–Kier alpha value is -2.63. The van der Waals surface area contributed by atoms with Crippen molar-refractivity contribution in [2.24, 2.45) is 0 Å². The maximum absolute atomic E-state index is 11.9. The molecule has 2 aromatic rings. The highest BCUT2D eigenvalue weighted by Gasteiger charge is 2.18. The van der Waals surface area contributed by atoms with Gasteiger partial charge in [0, 0.05) is 6.20 Å². The highest BCUT2D eigenvalue weighted by atomic mass is 16.5. The Kier molecular flexibility index (Phi) is 2.85. The first-order valence-electron chi connectivity index (χ1n) is 5.02. The van der Waals surface area contributed by atoms with E-state index in [9.17, 15) is 14.4 Å². The van der Waals surface area contributed by atoms with Crippen molar-refractivity contribution < 1.29 is 19.4 Å². The molecule has 0 bridgehead atoms. The van der Waals surface area contributed by atoms with Gasteiger partial charge in [0.25, 0.3) is 5.56 Å². The van der Waals surface area contributed by atoms with Gasteiger partial charge in [0.05, 0.1) is 18.2 Å². The number of hydrogen-bond donors (Lipinski definition) is 1. The lowest BCUT2D eigenvalue weighted by atomic mass is 10.1. The first-order valence-corrected chi connectivity index (χ1v) is 5.02. The summed E-state index contributed by atoms with van der Waals surface area (Å²) in [5.74, 6) is -2.08. The summed E-state index contributed by atoms with van der Waals surface area (Å²) in [6.45, 7) is 0. The van der Waals surface area contributed by atoms with Crippen molar-refractivity contribution in [2.75, 3.05) is 7.11 Å². The molecule has 0 saturated carbocycles. The van der Waals surface area contributed by atoms with Gasteiger partial charge in [-0.1, -0.05) is 6.07 Å². The third kappa shape index (κ3) is 1.73. The van der Waals surface area contributed by atoms with Gasteiger partial charge >= 0.3 is 11.9 Å². The van der Waals surface area contributed by atoms with Gasteiger partial charge in [-0.2, -0.15) is 0 Å². The molecule has 2 heterocycles. The topological polar surface area (TPSA) is 85.1 Å². The summed E-state index contributed by atoms with van der Waals surface area (Å²) in [6.07, 6.45) is 1.40. The van der Waals surface area contributed by atoms with Crippen LogP contribution >= 0.6 is 0 Å². The Morgan fingerprint density at radius 1 is 1.28 bits per heavy atom. The van der Waals surface area contributed by atoms with Crippen LogP contribution in [0.5, 0.6) is 0 Å². The maximum atomic E-state index is 11.9. The van der Waals surface area contributed by atoms with E-state index in [2.05, 4.69) is 4.74 Å². The van der Waals surface area contributed by atoms with Gasteiger partial charge in [0.2, 0.25) is 0 Å². The summed E-state index contributed by atoms with van der Waals surface area (Å²) in [7, 11) is 1.19. The molecular formula is C12H9NO5. The first kappa shape index (κ1) is 11.8. The number of carbonyl (C=O) groups is 2. The average molecular weight is 247 g/mol. The smallest absolute Gasteiger partial charge is 0.341 e. The van der Waals surface area contributed by atoms with Crippen molar-refractivity contribution in [3.63, 3.8) is 0 Å². The number of carbonyl (C=O) groups excluding carboxylic acids is 1. The van der Waals surface area contributed by atoms with Crippen molar-refractivity contribution >= 4 is 17.5 Å². The molecule has 92 valence electrons. The number of aromatic carboxylic acids is 1. The highest BCUT2D eigenvalue weighted by molar-refractivity contribution is 5.99. The zero-order valence-electron chi connectivity index (χ0n) is 9.41. The fraction of sp³-hybridized carbons (Fsp3) is 0.0833. The number of carboxylic acids is 1. The summed E-state index contributed by atoms with van der Waals surface area (Å²) in [4.78, 5) is 34.4. The molecule has 1 N–H and O–H groups in total. The molecule has 0 aliphatic heterocycles. The van der Waals surface area contributed by atoms with Crippen molar-refractivity contribution in [3.8, 4) is 0 Å². The molecule has 2 aromatic heterocycles. The Morgan fingerprint density at radius 3 is 2.61 bits per heavy atom. The van der Waals surface area contributed by atoms with E-state index in [-0.39, 0.29) is 5.56 Å². The molecule has 0 unspecified atom stereocenters. The van der Waals surface area contributed by atoms with Crippen LogP contribution in [0, 0.1) is 0 Å². The largest absolute Gasteiger partial charge is 0.477 e. The zero-order chi connectivity index (χ0) is 13.3. The molecule has 6 heteroatoms. The first-order chi connectivity index (χ1) is 8.56. The van der Waals surface area contributed by atoms with Crippen LogP contribution in [0.1, 0.15) is 20.7 Å². The SMILES string of the molecule is COC(=O)c1cc(C(=O)O)c(=O)n2ccccc12. The van der Waals surface area contributed by atoms with Crippen LogP contribution in [-0.4, -0.2) is 28.6 Å². The van der Waals surface area contributed by atoms with Crippen molar-refractivity contribution in [2.45, 2.75) is 0 Å². The quantitative estimate of drug-likeness (QED) is 0.793. The number of rotatable bonds is 2. The van der Waals surface area contributed by atoms with Gasteiger partial charge < -0.3 is 9.84 Å². The third-order valence-corrected chi connectivity index (χ3v) is 2.51. The molecule has 0 atom stereocenters. The second-order valence-corrected chi connectivity index (χ2v) is 3.53. The van der Waals surface area contributed by atoms with E-state index in [0.717, 1.165) is 10.5 Å². The minimum absolute atomic E-state index is 0.0371. The minimum atomic E-state index is -1.39. The van der Waals surface area contributed by atoms with Crippen LogP contribution in [0.25, 0.3) is 5.52 Å². The number of carboxylic acid groups (broad SMARTS) is 1. The molecule has 0 aliphatic rings. The Bertz CT molecular complexity index is 701. The normalized spacial score (nSPS) is 10.3. The van der Waals surface area contributed by atoms with E-state index in [0.29, 0.717) is 5.52 Å². The molecule has 0 saturated heterocycles. The number of ether oxygens (including phenoxy) is 1. The lowest BCUT2D eigenvalue weighted by Crippen LogP contribution is -2.24. The van der Waals surface area contributed by atoms with Crippen molar-refractivity contribution in [3.05, 3.63) is 51.9 Å². The summed E-state index contributed by atoms with van der Waals surface area (Å²) < 4.78 is 5.68. The van der Waals surface area contributed by atoms with Crippen LogP contribution in [0.3, 0.4) is 0 Å². The molecule has 0 aliphatic carbocycles. The minimum Gasteiger partial charge on any atom is -0.477 e. The number of hydrogen-bond acceptors (Lipinski definition) is 4. The molecule has 18 heavy (non-hydrogen) atoms. The number of nitrogens with zero attached hydrogens (tertiary/aromatic N) is 1. The van der Waals surface area contributed by atoms with Crippen molar-refractivity contribution in [1.29, 1.82) is 0 Å². The number of fused-ring (bicyclic) bond motifs is 1. The number of esters is 1. The van der Waals surface area contributed by atoms with Crippen LogP contribution in [0.4, 0.5) is 0 Å². The van der Waals surface area contributed by atoms with Gasteiger partial charge in [-0.25, -0.2) is 9.59 Å². The predicted octanol–water partition coefficient (Wildman–Crippen LogP) is 0.784. The summed E-state index contributed by atoms with van der Waals surface area (Å²) in [5.41, 5.74) is -0.820. The Morgan fingerprint density at radius 2 is 2.00 bits per heavy atom. The molecule has 6 nitrogen and oxygen atoms in total. The van der Waals surface area contributed by atoms with Gasteiger partial charge in [-0.3, -0.25) is 9.20 Å². The Labute approximate surface area is 101 Å².